The molecular weight excluding hydrogens is 162 g/mol. The zero-order chi connectivity index (χ0) is 9.68. The fraction of sp³-hybridized carbons (Fsp3) is 0.727. The van der Waals surface area contributed by atoms with Gasteiger partial charge in [-0.05, 0) is 37.5 Å². The molecule has 0 aliphatic heterocycles. The lowest BCUT2D eigenvalue weighted by atomic mass is 9.84. The lowest BCUT2D eigenvalue weighted by Gasteiger charge is -2.27. The Labute approximate surface area is 80.1 Å². The first-order valence-electron chi connectivity index (χ1n) is 5.03. The van der Waals surface area contributed by atoms with Gasteiger partial charge in [-0.3, -0.25) is 4.79 Å². The van der Waals surface area contributed by atoms with Gasteiger partial charge >= 0.3 is 0 Å². The summed E-state index contributed by atoms with van der Waals surface area (Å²) in [6, 6.07) is 0.325. The summed E-state index contributed by atoms with van der Waals surface area (Å²) in [7, 11) is 0. The molecule has 1 rings (SSSR count). The zero-order valence-electron chi connectivity index (χ0n) is 8.18. The van der Waals surface area contributed by atoms with Crippen LogP contribution in [0.25, 0.3) is 0 Å². The van der Waals surface area contributed by atoms with Crippen LogP contribution in [0.2, 0.25) is 0 Å². The van der Waals surface area contributed by atoms with E-state index in [1.54, 1.807) is 0 Å². The Morgan fingerprint density at radius 2 is 2.08 bits per heavy atom. The van der Waals surface area contributed by atoms with Crippen LogP contribution >= 0.6 is 0 Å². The average Bonchev–Trinajstić information content (AvgIpc) is 2.19. The Hall–Kier alpha value is -0.970. The van der Waals surface area contributed by atoms with Crippen molar-refractivity contribution in [2.24, 2.45) is 5.92 Å². The van der Waals surface area contributed by atoms with E-state index in [-0.39, 0.29) is 5.91 Å². The van der Waals surface area contributed by atoms with Crippen molar-refractivity contribution in [3.8, 4) is 12.3 Å². The molecule has 1 amide bonds. The highest BCUT2D eigenvalue weighted by atomic mass is 16.1. The van der Waals surface area contributed by atoms with E-state index in [0.29, 0.717) is 6.04 Å². The van der Waals surface area contributed by atoms with Crippen molar-refractivity contribution in [2.45, 2.75) is 45.1 Å². The van der Waals surface area contributed by atoms with Crippen molar-refractivity contribution in [1.82, 2.24) is 5.32 Å². The molecule has 2 heteroatoms. The van der Waals surface area contributed by atoms with Gasteiger partial charge in [-0.25, -0.2) is 0 Å². The molecule has 0 atom stereocenters. The van der Waals surface area contributed by atoms with E-state index in [0.717, 1.165) is 18.8 Å². The highest BCUT2D eigenvalue weighted by molar-refractivity contribution is 5.92. The van der Waals surface area contributed by atoms with Crippen LogP contribution in [0.1, 0.15) is 39.0 Å². The molecule has 0 unspecified atom stereocenters. The van der Waals surface area contributed by atoms with E-state index in [9.17, 15) is 4.79 Å². The Bertz CT molecular complexity index is 209. The minimum atomic E-state index is -0.264. The summed E-state index contributed by atoms with van der Waals surface area (Å²) < 4.78 is 0. The standard InChI is InChI=1S/C11H17NO/c1-3-9-5-7-10(8-6-9)12-11(13)4-2/h2,9-10H,3,5-8H2,1H3,(H,12,13). The van der Waals surface area contributed by atoms with Gasteiger partial charge in [0.15, 0.2) is 0 Å². The Kier molecular flexibility index (Phi) is 3.82. The number of carbonyl (C=O) groups is 1. The third-order valence-corrected chi connectivity index (χ3v) is 2.89. The van der Waals surface area contributed by atoms with Crippen LogP contribution in [0.3, 0.4) is 0 Å². The SMILES string of the molecule is C#CC(=O)NC1CCC(CC)CC1. The van der Waals surface area contributed by atoms with Gasteiger partial charge in [0, 0.05) is 6.04 Å². The quantitative estimate of drug-likeness (QED) is 0.642. The van der Waals surface area contributed by atoms with Crippen LogP contribution in [-0.4, -0.2) is 11.9 Å². The minimum Gasteiger partial charge on any atom is -0.343 e. The van der Waals surface area contributed by atoms with E-state index >= 15 is 0 Å². The number of hydrogen-bond acceptors (Lipinski definition) is 1. The molecule has 1 N–H and O–H groups in total. The summed E-state index contributed by atoms with van der Waals surface area (Å²) >= 11 is 0. The summed E-state index contributed by atoms with van der Waals surface area (Å²) in [6.45, 7) is 2.23. The molecule has 0 aromatic rings. The van der Waals surface area contributed by atoms with Crippen LogP contribution < -0.4 is 5.32 Å². The highest BCUT2D eigenvalue weighted by Gasteiger charge is 2.20. The fourth-order valence-corrected chi connectivity index (χ4v) is 1.94. The van der Waals surface area contributed by atoms with Gasteiger partial charge in [-0.2, -0.15) is 0 Å². The van der Waals surface area contributed by atoms with Gasteiger partial charge in [-0.1, -0.05) is 13.3 Å². The number of nitrogens with one attached hydrogen (secondary N) is 1. The number of hydrogen-bond donors (Lipinski definition) is 1. The molecule has 13 heavy (non-hydrogen) atoms. The topological polar surface area (TPSA) is 29.1 Å². The molecule has 1 fully saturated rings. The zero-order valence-corrected chi connectivity index (χ0v) is 8.18. The maximum atomic E-state index is 10.9. The Morgan fingerprint density at radius 3 is 2.54 bits per heavy atom. The molecule has 0 aromatic heterocycles. The molecule has 1 saturated carbocycles. The second-order valence-electron chi connectivity index (χ2n) is 3.74. The minimum absolute atomic E-state index is 0.264. The van der Waals surface area contributed by atoms with Gasteiger partial charge in [0.25, 0.3) is 5.91 Å². The van der Waals surface area contributed by atoms with Crippen molar-refractivity contribution in [1.29, 1.82) is 0 Å². The van der Waals surface area contributed by atoms with E-state index in [4.69, 9.17) is 6.42 Å². The smallest absolute Gasteiger partial charge is 0.295 e. The second-order valence-corrected chi connectivity index (χ2v) is 3.74. The first kappa shape index (κ1) is 10.1. The predicted octanol–water partition coefficient (Wildman–Crippen LogP) is 1.70. The first-order chi connectivity index (χ1) is 6.26. The normalized spacial score (nSPS) is 27.7. The molecule has 0 aromatic carbocycles. The third kappa shape index (κ3) is 3.10. The molecule has 1 aliphatic rings. The van der Waals surface area contributed by atoms with Crippen molar-refractivity contribution in [3.05, 3.63) is 0 Å². The largest absolute Gasteiger partial charge is 0.343 e. The van der Waals surface area contributed by atoms with Gasteiger partial charge in [0.05, 0.1) is 0 Å². The lowest BCUT2D eigenvalue weighted by Crippen LogP contribution is -2.36. The summed E-state index contributed by atoms with van der Waals surface area (Å²) in [5.74, 6) is 2.68. The van der Waals surface area contributed by atoms with Crippen molar-refractivity contribution < 1.29 is 4.79 Å². The van der Waals surface area contributed by atoms with E-state index in [1.807, 2.05) is 0 Å². The molecular formula is C11H17NO. The number of carbonyl (C=O) groups excluding carboxylic acids is 1. The van der Waals surface area contributed by atoms with E-state index in [1.165, 1.54) is 19.3 Å². The predicted molar refractivity (Wildman–Crippen MR) is 53.0 cm³/mol. The third-order valence-electron chi connectivity index (χ3n) is 2.89. The monoisotopic (exact) mass is 179 g/mol. The van der Waals surface area contributed by atoms with Gasteiger partial charge in [0.2, 0.25) is 0 Å². The van der Waals surface area contributed by atoms with E-state index < -0.39 is 0 Å². The van der Waals surface area contributed by atoms with Crippen LogP contribution in [0.5, 0.6) is 0 Å². The molecule has 0 bridgehead atoms. The highest BCUT2D eigenvalue weighted by Crippen LogP contribution is 2.26. The van der Waals surface area contributed by atoms with Gasteiger partial charge in [0.1, 0.15) is 0 Å². The molecule has 2 nitrogen and oxygen atoms in total. The van der Waals surface area contributed by atoms with Crippen molar-refractivity contribution >= 4 is 5.91 Å². The van der Waals surface area contributed by atoms with Gasteiger partial charge < -0.3 is 5.32 Å². The number of terminal acetylenes is 1. The number of amides is 1. The summed E-state index contributed by atoms with van der Waals surface area (Å²) in [4.78, 5) is 10.9. The average molecular weight is 179 g/mol. The number of rotatable bonds is 2. The molecule has 0 heterocycles. The van der Waals surface area contributed by atoms with Crippen LogP contribution in [0.15, 0.2) is 0 Å². The Morgan fingerprint density at radius 1 is 1.46 bits per heavy atom. The summed E-state index contributed by atoms with van der Waals surface area (Å²) in [5, 5.41) is 2.84. The molecule has 1 aliphatic carbocycles. The molecule has 0 spiro atoms. The van der Waals surface area contributed by atoms with Crippen LogP contribution in [0, 0.1) is 18.3 Å². The summed E-state index contributed by atoms with van der Waals surface area (Å²) in [5.41, 5.74) is 0. The fourth-order valence-electron chi connectivity index (χ4n) is 1.94. The van der Waals surface area contributed by atoms with Crippen molar-refractivity contribution in [3.63, 3.8) is 0 Å². The van der Waals surface area contributed by atoms with Crippen LogP contribution in [-0.2, 0) is 4.79 Å². The molecule has 0 radical (unpaired) electrons. The van der Waals surface area contributed by atoms with Crippen LogP contribution in [0.4, 0.5) is 0 Å². The lowest BCUT2D eigenvalue weighted by molar-refractivity contribution is -0.116. The van der Waals surface area contributed by atoms with E-state index in [2.05, 4.69) is 18.2 Å². The second kappa shape index (κ2) is 4.91. The van der Waals surface area contributed by atoms with Crippen molar-refractivity contribution in [2.75, 3.05) is 0 Å². The maximum Gasteiger partial charge on any atom is 0.295 e. The Balaban J connectivity index is 2.26. The molecule has 0 saturated heterocycles. The first-order valence-corrected chi connectivity index (χ1v) is 5.03. The summed E-state index contributed by atoms with van der Waals surface area (Å²) in [6.07, 6.45) is 10.9. The van der Waals surface area contributed by atoms with Gasteiger partial charge in [-0.15, -0.1) is 6.42 Å². The maximum absolute atomic E-state index is 10.9. The molecule has 72 valence electrons.